The van der Waals surface area contributed by atoms with Crippen LogP contribution >= 0.6 is 11.6 Å². The fraction of sp³-hybridized carbons (Fsp3) is 0.421. The largest absolute Gasteiger partial charge is 0.322 e. The molecule has 1 unspecified atom stereocenters. The number of aryl methyl sites for hydroxylation is 1. The Bertz CT molecular complexity index is 793. The molecule has 1 atom stereocenters. The van der Waals surface area contributed by atoms with Gasteiger partial charge in [-0.3, -0.25) is 9.69 Å². The number of halogens is 1. The topological polar surface area (TPSA) is 70.2 Å². The van der Waals surface area contributed by atoms with Gasteiger partial charge in [0.05, 0.1) is 5.56 Å². The molecule has 0 radical (unpaired) electrons. The predicted molar refractivity (Wildman–Crippen MR) is 104 cm³/mol. The van der Waals surface area contributed by atoms with Crippen molar-refractivity contribution in [1.29, 1.82) is 0 Å². The van der Waals surface area contributed by atoms with Crippen LogP contribution in [0.25, 0.3) is 0 Å². The van der Waals surface area contributed by atoms with Gasteiger partial charge in [-0.25, -0.2) is 9.97 Å². The van der Waals surface area contributed by atoms with Gasteiger partial charge in [-0.1, -0.05) is 11.6 Å². The van der Waals surface area contributed by atoms with E-state index in [2.05, 4.69) is 32.4 Å². The quantitative estimate of drug-likeness (QED) is 0.862. The Hall–Kier alpha value is -2.02. The first-order chi connectivity index (χ1) is 12.4. The normalized spacial score (nSPS) is 17.9. The van der Waals surface area contributed by atoms with Crippen LogP contribution in [0.3, 0.4) is 0 Å². The second-order valence-electron chi connectivity index (χ2n) is 6.80. The summed E-state index contributed by atoms with van der Waals surface area (Å²) in [6, 6.07) is 4.24. The molecule has 138 valence electrons. The number of benzene rings is 1. The molecule has 6 nitrogen and oxygen atoms in total. The molecule has 1 saturated heterocycles. The zero-order valence-corrected chi connectivity index (χ0v) is 16.1. The Morgan fingerprint density at radius 1 is 1.35 bits per heavy atom. The van der Waals surface area contributed by atoms with Crippen molar-refractivity contribution in [2.75, 3.05) is 25.0 Å². The summed E-state index contributed by atoms with van der Waals surface area (Å²) in [6.45, 7) is 9.77. The fourth-order valence-electron chi connectivity index (χ4n) is 3.13. The van der Waals surface area contributed by atoms with E-state index in [0.29, 0.717) is 22.5 Å². The molecule has 0 spiro atoms. The number of hydrogen-bond acceptors (Lipinski definition) is 5. The Kier molecular flexibility index (Phi) is 5.86. The zero-order valence-electron chi connectivity index (χ0n) is 15.3. The number of nitrogens with zero attached hydrogens (tertiary/aromatic N) is 3. The van der Waals surface area contributed by atoms with Crippen molar-refractivity contribution >= 4 is 23.2 Å². The summed E-state index contributed by atoms with van der Waals surface area (Å²) in [5.41, 5.74) is 3.30. The van der Waals surface area contributed by atoms with Crippen molar-refractivity contribution in [3.8, 4) is 0 Å². The Balaban J connectivity index is 1.78. The number of carbonyl (C=O) groups is 1. The van der Waals surface area contributed by atoms with E-state index in [-0.39, 0.29) is 5.91 Å². The highest BCUT2D eigenvalue weighted by atomic mass is 35.5. The third-order valence-corrected chi connectivity index (χ3v) is 4.84. The first-order valence-electron chi connectivity index (χ1n) is 8.77. The van der Waals surface area contributed by atoms with Crippen LogP contribution in [0.5, 0.6) is 0 Å². The van der Waals surface area contributed by atoms with Gasteiger partial charge in [-0.15, -0.1) is 0 Å². The number of piperazine rings is 1. The molecule has 7 heteroatoms. The maximum Gasteiger partial charge on any atom is 0.258 e. The van der Waals surface area contributed by atoms with Gasteiger partial charge >= 0.3 is 0 Å². The standard InChI is InChI=1S/C19H24ClN5O/c1-12-10-25(5-4-21-12)11-15-6-17(20)7-18(13(15)2)24-19(26)16-8-22-14(3)23-9-16/h6-9,12,21H,4-5,10-11H2,1-3H3,(H,24,26). The lowest BCUT2D eigenvalue weighted by molar-refractivity contribution is 0.102. The third-order valence-electron chi connectivity index (χ3n) is 4.62. The van der Waals surface area contributed by atoms with E-state index >= 15 is 0 Å². The Morgan fingerprint density at radius 2 is 2.08 bits per heavy atom. The van der Waals surface area contributed by atoms with Crippen LogP contribution in [-0.2, 0) is 6.54 Å². The van der Waals surface area contributed by atoms with Crippen LogP contribution < -0.4 is 10.6 Å². The molecule has 1 amide bonds. The number of carbonyl (C=O) groups excluding carboxylic acids is 1. The number of aromatic nitrogens is 2. The second-order valence-corrected chi connectivity index (χ2v) is 7.24. The molecule has 1 aliphatic heterocycles. The first kappa shape index (κ1) is 18.8. The zero-order chi connectivity index (χ0) is 18.7. The molecule has 1 fully saturated rings. The van der Waals surface area contributed by atoms with Gasteiger partial charge in [-0.05, 0) is 44.0 Å². The van der Waals surface area contributed by atoms with Crippen molar-refractivity contribution in [3.63, 3.8) is 0 Å². The lowest BCUT2D eigenvalue weighted by atomic mass is 10.0. The van der Waals surface area contributed by atoms with Gasteiger partial charge < -0.3 is 10.6 Å². The Morgan fingerprint density at radius 3 is 2.77 bits per heavy atom. The van der Waals surface area contributed by atoms with Gasteiger partial charge in [0.2, 0.25) is 0 Å². The van der Waals surface area contributed by atoms with Crippen molar-refractivity contribution in [1.82, 2.24) is 20.2 Å². The summed E-state index contributed by atoms with van der Waals surface area (Å²) in [7, 11) is 0. The maximum absolute atomic E-state index is 12.5. The lowest BCUT2D eigenvalue weighted by Gasteiger charge is -2.32. The lowest BCUT2D eigenvalue weighted by Crippen LogP contribution is -2.48. The summed E-state index contributed by atoms with van der Waals surface area (Å²) < 4.78 is 0. The number of anilines is 1. The summed E-state index contributed by atoms with van der Waals surface area (Å²) >= 11 is 6.31. The van der Waals surface area contributed by atoms with E-state index < -0.39 is 0 Å². The van der Waals surface area contributed by atoms with Crippen LogP contribution in [0, 0.1) is 13.8 Å². The van der Waals surface area contributed by atoms with E-state index in [1.807, 2.05) is 13.0 Å². The van der Waals surface area contributed by atoms with E-state index in [1.165, 1.54) is 12.4 Å². The van der Waals surface area contributed by atoms with Gasteiger partial charge in [-0.2, -0.15) is 0 Å². The molecule has 1 aromatic carbocycles. The van der Waals surface area contributed by atoms with Gasteiger partial charge in [0, 0.05) is 55.3 Å². The molecule has 0 aliphatic carbocycles. The van der Waals surface area contributed by atoms with Crippen LogP contribution in [0.4, 0.5) is 5.69 Å². The minimum atomic E-state index is -0.239. The molecule has 1 aromatic heterocycles. The Labute approximate surface area is 159 Å². The maximum atomic E-state index is 12.5. The monoisotopic (exact) mass is 373 g/mol. The summed E-state index contributed by atoms with van der Waals surface area (Å²) in [6.07, 6.45) is 3.06. The summed E-state index contributed by atoms with van der Waals surface area (Å²) in [5.74, 6) is 0.394. The van der Waals surface area contributed by atoms with Crippen LogP contribution in [-0.4, -0.2) is 46.5 Å². The minimum Gasteiger partial charge on any atom is -0.322 e. The molecule has 2 aromatic rings. The molecule has 3 rings (SSSR count). The second kappa shape index (κ2) is 8.12. The number of hydrogen-bond donors (Lipinski definition) is 2. The van der Waals surface area contributed by atoms with Gasteiger partial charge in [0.1, 0.15) is 5.82 Å². The minimum absolute atomic E-state index is 0.239. The summed E-state index contributed by atoms with van der Waals surface area (Å²) in [5, 5.41) is 7.00. The van der Waals surface area contributed by atoms with Crippen LogP contribution in [0.15, 0.2) is 24.5 Å². The molecule has 2 heterocycles. The predicted octanol–water partition coefficient (Wildman–Crippen LogP) is 2.79. The SMILES string of the molecule is Cc1ncc(C(=O)Nc2cc(Cl)cc(CN3CCNC(C)C3)c2C)cn1. The van der Waals surface area contributed by atoms with Gasteiger partial charge in [0.15, 0.2) is 0 Å². The van der Waals surface area contributed by atoms with E-state index in [9.17, 15) is 4.79 Å². The summed E-state index contributed by atoms with van der Waals surface area (Å²) in [4.78, 5) is 23.0. The molecule has 1 aliphatic rings. The van der Waals surface area contributed by atoms with Crippen molar-refractivity contribution in [3.05, 3.63) is 52.1 Å². The average molecular weight is 374 g/mol. The van der Waals surface area contributed by atoms with Crippen molar-refractivity contribution in [2.24, 2.45) is 0 Å². The highest BCUT2D eigenvalue weighted by Crippen LogP contribution is 2.26. The van der Waals surface area contributed by atoms with E-state index in [0.717, 1.165) is 43.0 Å². The van der Waals surface area contributed by atoms with Gasteiger partial charge in [0.25, 0.3) is 5.91 Å². The van der Waals surface area contributed by atoms with E-state index in [1.54, 1.807) is 13.0 Å². The molecule has 26 heavy (non-hydrogen) atoms. The molecular formula is C19H24ClN5O. The molecule has 0 bridgehead atoms. The molecule has 2 N–H and O–H groups in total. The van der Waals surface area contributed by atoms with Crippen LogP contribution in [0.2, 0.25) is 5.02 Å². The fourth-order valence-corrected chi connectivity index (χ4v) is 3.37. The number of nitrogens with one attached hydrogen (secondary N) is 2. The van der Waals surface area contributed by atoms with Crippen LogP contribution in [0.1, 0.15) is 34.2 Å². The number of amides is 1. The average Bonchev–Trinajstić information content (AvgIpc) is 2.59. The third kappa shape index (κ3) is 4.58. The van der Waals surface area contributed by atoms with Crippen molar-refractivity contribution in [2.45, 2.75) is 33.4 Å². The number of rotatable bonds is 4. The first-order valence-corrected chi connectivity index (χ1v) is 9.15. The molecule has 0 saturated carbocycles. The highest BCUT2D eigenvalue weighted by Gasteiger charge is 2.18. The smallest absolute Gasteiger partial charge is 0.258 e. The van der Waals surface area contributed by atoms with E-state index in [4.69, 9.17) is 11.6 Å². The molecular weight excluding hydrogens is 350 g/mol. The highest BCUT2D eigenvalue weighted by molar-refractivity contribution is 6.31. The van der Waals surface area contributed by atoms with Crippen molar-refractivity contribution < 1.29 is 4.79 Å².